The first kappa shape index (κ1) is 14.8. The molecule has 4 nitrogen and oxygen atoms in total. The second-order valence-electron chi connectivity index (χ2n) is 4.96. The summed E-state index contributed by atoms with van der Waals surface area (Å²) in [4.78, 5) is 5.21. The van der Waals surface area contributed by atoms with Crippen molar-refractivity contribution in [1.82, 2.24) is 4.57 Å². The van der Waals surface area contributed by atoms with E-state index in [1.54, 1.807) is 18.4 Å². The number of aromatic nitrogens is 1. The topological polar surface area (TPSA) is 46.8 Å². The number of fused-ring (bicyclic) bond motifs is 1. The van der Waals surface area contributed by atoms with E-state index in [2.05, 4.69) is 11.1 Å². The Morgan fingerprint density at radius 3 is 2.64 bits per heavy atom. The van der Waals surface area contributed by atoms with Crippen molar-refractivity contribution in [3.05, 3.63) is 59.4 Å². The van der Waals surface area contributed by atoms with Gasteiger partial charge in [-0.3, -0.25) is 4.99 Å². The van der Waals surface area contributed by atoms with Crippen LogP contribution in [0.2, 0.25) is 0 Å². The Bertz CT molecular complexity index is 808. The van der Waals surface area contributed by atoms with Gasteiger partial charge in [-0.25, -0.2) is 0 Å². The van der Waals surface area contributed by atoms with Gasteiger partial charge in [0.05, 0.1) is 16.8 Å². The molecule has 0 saturated heterocycles. The molecular weight excluding hydrogens is 296 g/mol. The molecule has 114 valence electrons. The maximum atomic E-state index is 10.3. The van der Waals surface area contributed by atoms with Gasteiger partial charge in [0.1, 0.15) is 18.5 Å². The lowest BCUT2D eigenvalue weighted by Crippen LogP contribution is -2.28. The highest BCUT2D eigenvalue weighted by Crippen LogP contribution is 2.17. The minimum atomic E-state index is -0.594. The maximum absolute atomic E-state index is 10.3. The van der Waals surface area contributed by atoms with E-state index in [9.17, 15) is 5.11 Å². The molecule has 2 aromatic carbocycles. The fourth-order valence-electron chi connectivity index (χ4n) is 2.34. The first-order valence-electron chi connectivity index (χ1n) is 7.15. The van der Waals surface area contributed by atoms with Gasteiger partial charge in [-0.2, -0.15) is 0 Å². The van der Waals surface area contributed by atoms with Gasteiger partial charge in [0, 0.05) is 7.05 Å². The van der Waals surface area contributed by atoms with Gasteiger partial charge in [-0.15, -0.1) is 0 Å². The maximum Gasteiger partial charge on any atom is 0.185 e. The van der Waals surface area contributed by atoms with Crippen molar-refractivity contribution in [2.75, 3.05) is 13.7 Å². The van der Waals surface area contributed by atoms with Crippen LogP contribution in [0.5, 0.6) is 5.75 Å². The summed E-state index contributed by atoms with van der Waals surface area (Å²) in [5.41, 5.74) is 1.09. The summed E-state index contributed by atoms with van der Waals surface area (Å²) >= 11 is 1.62. The molecule has 0 bridgehead atoms. The average Bonchev–Trinajstić information content (AvgIpc) is 2.92. The largest absolute Gasteiger partial charge is 0.491 e. The second kappa shape index (κ2) is 6.77. The van der Waals surface area contributed by atoms with Gasteiger partial charge in [-0.1, -0.05) is 41.7 Å². The van der Waals surface area contributed by atoms with E-state index in [1.165, 1.54) is 4.70 Å². The Kier molecular flexibility index (Phi) is 4.56. The molecule has 0 aliphatic heterocycles. The van der Waals surface area contributed by atoms with E-state index < -0.39 is 6.10 Å². The van der Waals surface area contributed by atoms with E-state index >= 15 is 0 Å². The molecule has 1 atom stereocenters. The van der Waals surface area contributed by atoms with E-state index in [0.29, 0.717) is 6.54 Å². The molecular formula is C17H18N2O2S. The van der Waals surface area contributed by atoms with Crippen LogP contribution in [0.15, 0.2) is 59.6 Å². The summed E-state index contributed by atoms with van der Waals surface area (Å²) in [6, 6.07) is 17.7. The molecule has 3 aromatic rings. The molecule has 0 fully saturated rings. The molecule has 5 heteroatoms. The van der Waals surface area contributed by atoms with Crippen molar-refractivity contribution in [2.45, 2.75) is 12.6 Å². The number of aliphatic hydroxyl groups excluding tert-OH is 1. The van der Waals surface area contributed by atoms with Crippen LogP contribution in [0.3, 0.4) is 0 Å². The van der Waals surface area contributed by atoms with Gasteiger partial charge in [0.25, 0.3) is 0 Å². The molecule has 1 N–H and O–H groups in total. The number of thiazole rings is 1. The zero-order valence-electron chi connectivity index (χ0n) is 12.3. The summed E-state index contributed by atoms with van der Waals surface area (Å²) in [5, 5.41) is 10.3. The van der Waals surface area contributed by atoms with E-state index in [1.807, 2.05) is 53.1 Å². The molecule has 0 saturated carbocycles. The zero-order chi connectivity index (χ0) is 15.4. The van der Waals surface area contributed by atoms with Crippen LogP contribution in [0.1, 0.15) is 0 Å². The van der Waals surface area contributed by atoms with Gasteiger partial charge in [-0.05, 0) is 24.3 Å². The summed E-state index contributed by atoms with van der Waals surface area (Å²) in [6.45, 7) is 0.716. The van der Waals surface area contributed by atoms with Gasteiger partial charge < -0.3 is 14.4 Å². The minimum absolute atomic E-state index is 0.254. The van der Waals surface area contributed by atoms with Crippen molar-refractivity contribution in [1.29, 1.82) is 0 Å². The monoisotopic (exact) mass is 314 g/mol. The summed E-state index contributed by atoms with van der Waals surface area (Å²) in [5.74, 6) is 0.766. The minimum Gasteiger partial charge on any atom is -0.491 e. The quantitative estimate of drug-likeness (QED) is 0.787. The molecule has 0 aliphatic carbocycles. The summed E-state index contributed by atoms with van der Waals surface area (Å²) in [6.07, 6.45) is -0.594. The highest BCUT2D eigenvalue weighted by molar-refractivity contribution is 7.16. The number of hydrogen-bond donors (Lipinski definition) is 1. The Labute approximate surface area is 133 Å². The Balaban J connectivity index is 1.75. The van der Waals surface area contributed by atoms with Crippen LogP contribution in [0, 0.1) is 0 Å². The molecule has 22 heavy (non-hydrogen) atoms. The van der Waals surface area contributed by atoms with Crippen LogP contribution < -0.4 is 9.54 Å². The van der Waals surface area contributed by atoms with Crippen LogP contribution >= 0.6 is 11.3 Å². The Morgan fingerprint density at radius 2 is 1.86 bits per heavy atom. The number of benzene rings is 2. The number of rotatable bonds is 5. The van der Waals surface area contributed by atoms with Crippen LogP contribution in [-0.4, -0.2) is 29.4 Å². The van der Waals surface area contributed by atoms with E-state index in [0.717, 1.165) is 16.1 Å². The summed E-state index contributed by atoms with van der Waals surface area (Å²) in [7, 11) is 1.77. The third-order valence-electron chi connectivity index (χ3n) is 3.36. The second-order valence-corrected chi connectivity index (χ2v) is 5.97. The molecule has 1 aromatic heterocycles. The van der Waals surface area contributed by atoms with Crippen LogP contribution in [0.25, 0.3) is 10.2 Å². The van der Waals surface area contributed by atoms with Crippen molar-refractivity contribution in [3.63, 3.8) is 0 Å². The van der Waals surface area contributed by atoms with Crippen molar-refractivity contribution < 1.29 is 9.84 Å². The van der Waals surface area contributed by atoms with E-state index in [4.69, 9.17) is 4.74 Å². The first-order valence-corrected chi connectivity index (χ1v) is 7.96. The number of hydrogen-bond acceptors (Lipinski definition) is 4. The molecule has 0 radical (unpaired) electrons. The third kappa shape index (κ3) is 3.21. The Hall–Kier alpha value is -2.11. The molecule has 0 aliphatic rings. The average molecular weight is 314 g/mol. The lowest BCUT2D eigenvalue weighted by molar-refractivity contribution is 0.0929. The standard InChI is InChI=1S/C17H18N2O2S/c1-18-17-19(15-9-5-6-10-16(15)22-17)11-13(20)12-21-14-7-3-2-4-8-14/h2-10,13,20H,11-12H2,1H3/t13-/m1/s1. The van der Waals surface area contributed by atoms with Crippen molar-refractivity contribution in [3.8, 4) is 5.75 Å². The third-order valence-corrected chi connectivity index (χ3v) is 4.51. The number of aliphatic hydroxyl groups is 1. The first-order chi connectivity index (χ1) is 10.8. The number of ether oxygens (including phenoxy) is 1. The zero-order valence-corrected chi connectivity index (χ0v) is 13.2. The Morgan fingerprint density at radius 1 is 1.14 bits per heavy atom. The number of para-hydroxylation sites is 2. The number of nitrogens with zero attached hydrogens (tertiary/aromatic N) is 2. The predicted octanol–water partition coefficient (Wildman–Crippen LogP) is 2.67. The normalized spacial score (nSPS) is 13.5. The fraction of sp³-hybridized carbons (Fsp3) is 0.235. The van der Waals surface area contributed by atoms with Crippen LogP contribution in [0.4, 0.5) is 0 Å². The van der Waals surface area contributed by atoms with Crippen molar-refractivity contribution in [2.24, 2.45) is 4.99 Å². The lowest BCUT2D eigenvalue weighted by atomic mass is 10.3. The lowest BCUT2D eigenvalue weighted by Gasteiger charge is -2.14. The molecule has 3 rings (SSSR count). The SMILES string of the molecule is CN=c1sc2ccccc2n1C[C@@H](O)COc1ccccc1. The molecule has 0 amide bonds. The summed E-state index contributed by atoms with van der Waals surface area (Å²) < 4.78 is 8.82. The predicted molar refractivity (Wildman–Crippen MR) is 89.2 cm³/mol. The fourth-order valence-corrected chi connectivity index (χ4v) is 3.34. The van der Waals surface area contributed by atoms with Gasteiger partial charge in [0.15, 0.2) is 4.80 Å². The van der Waals surface area contributed by atoms with Gasteiger partial charge in [0.2, 0.25) is 0 Å². The molecule has 1 heterocycles. The van der Waals surface area contributed by atoms with Gasteiger partial charge >= 0.3 is 0 Å². The molecule has 0 spiro atoms. The van der Waals surface area contributed by atoms with Crippen LogP contribution in [-0.2, 0) is 6.54 Å². The highest BCUT2D eigenvalue weighted by Gasteiger charge is 2.11. The smallest absolute Gasteiger partial charge is 0.185 e. The van der Waals surface area contributed by atoms with Crippen molar-refractivity contribution >= 4 is 21.6 Å². The molecule has 0 unspecified atom stereocenters. The highest BCUT2D eigenvalue weighted by atomic mass is 32.1. The van der Waals surface area contributed by atoms with E-state index in [-0.39, 0.29) is 6.61 Å².